The Kier molecular flexibility index (Phi) is 4.08. The SMILES string of the molecule is CCOc1ccc(NS(=O)(=O)N2CCCC2)cc1. The van der Waals surface area contributed by atoms with Crippen LogP contribution in [0.25, 0.3) is 0 Å². The zero-order valence-electron chi connectivity index (χ0n) is 10.4. The second kappa shape index (κ2) is 5.58. The third kappa shape index (κ3) is 3.14. The number of rotatable bonds is 5. The number of hydrogen-bond acceptors (Lipinski definition) is 3. The van der Waals surface area contributed by atoms with Gasteiger partial charge in [0.1, 0.15) is 5.75 Å². The highest BCUT2D eigenvalue weighted by Gasteiger charge is 2.24. The van der Waals surface area contributed by atoms with Crippen LogP contribution in [0.5, 0.6) is 5.75 Å². The summed E-state index contributed by atoms with van der Waals surface area (Å²) >= 11 is 0. The first-order valence-corrected chi connectivity index (χ1v) is 7.56. The molecule has 0 atom stereocenters. The Bertz CT molecular complexity index is 479. The first-order valence-electron chi connectivity index (χ1n) is 6.12. The van der Waals surface area contributed by atoms with Crippen molar-refractivity contribution in [2.24, 2.45) is 0 Å². The van der Waals surface area contributed by atoms with E-state index in [1.807, 2.05) is 6.92 Å². The van der Waals surface area contributed by atoms with Crippen molar-refractivity contribution in [2.75, 3.05) is 24.4 Å². The molecule has 1 fully saturated rings. The predicted molar refractivity (Wildman–Crippen MR) is 71.0 cm³/mol. The number of nitrogens with zero attached hydrogens (tertiary/aromatic N) is 1. The molecule has 0 bridgehead atoms. The minimum absolute atomic E-state index is 0.561. The van der Waals surface area contributed by atoms with E-state index >= 15 is 0 Å². The second-order valence-electron chi connectivity index (χ2n) is 4.17. The summed E-state index contributed by atoms with van der Waals surface area (Å²) in [5.74, 6) is 0.738. The Morgan fingerprint density at radius 3 is 2.39 bits per heavy atom. The Balaban J connectivity index is 2.04. The van der Waals surface area contributed by atoms with E-state index < -0.39 is 10.2 Å². The van der Waals surface area contributed by atoms with E-state index in [-0.39, 0.29) is 0 Å². The summed E-state index contributed by atoms with van der Waals surface area (Å²) in [6.07, 6.45) is 1.87. The molecule has 100 valence electrons. The largest absolute Gasteiger partial charge is 0.494 e. The first kappa shape index (κ1) is 13.2. The molecule has 1 N–H and O–H groups in total. The fourth-order valence-corrected chi connectivity index (χ4v) is 3.23. The molecule has 6 heteroatoms. The molecule has 0 spiro atoms. The van der Waals surface area contributed by atoms with Crippen LogP contribution in [0.15, 0.2) is 24.3 Å². The summed E-state index contributed by atoms with van der Waals surface area (Å²) in [6.45, 7) is 3.71. The lowest BCUT2D eigenvalue weighted by molar-refractivity contribution is 0.340. The van der Waals surface area contributed by atoms with Gasteiger partial charge in [-0.25, -0.2) is 0 Å². The zero-order chi connectivity index (χ0) is 13.0. The lowest BCUT2D eigenvalue weighted by atomic mass is 10.3. The number of anilines is 1. The fourth-order valence-electron chi connectivity index (χ4n) is 1.93. The molecule has 18 heavy (non-hydrogen) atoms. The molecule has 2 rings (SSSR count). The van der Waals surface area contributed by atoms with Crippen molar-refractivity contribution in [1.29, 1.82) is 0 Å². The van der Waals surface area contributed by atoms with E-state index in [1.165, 1.54) is 4.31 Å². The summed E-state index contributed by atoms with van der Waals surface area (Å²) < 4.78 is 33.3. The maximum Gasteiger partial charge on any atom is 0.301 e. The molecule has 1 aromatic rings. The van der Waals surface area contributed by atoms with Crippen LogP contribution in [0, 0.1) is 0 Å². The molecule has 0 unspecified atom stereocenters. The number of hydrogen-bond donors (Lipinski definition) is 1. The molecule has 0 aromatic heterocycles. The quantitative estimate of drug-likeness (QED) is 0.888. The van der Waals surface area contributed by atoms with Crippen LogP contribution in [0.4, 0.5) is 5.69 Å². The molecule has 1 aliphatic heterocycles. The standard InChI is InChI=1S/C12H18N2O3S/c1-2-17-12-7-5-11(6-8-12)13-18(15,16)14-9-3-4-10-14/h5-8,13H,2-4,9-10H2,1H3. The van der Waals surface area contributed by atoms with Crippen LogP contribution in [0.3, 0.4) is 0 Å². The molecule has 1 saturated heterocycles. The monoisotopic (exact) mass is 270 g/mol. The van der Waals surface area contributed by atoms with Gasteiger partial charge < -0.3 is 4.74 Å². The Morgan fingerprint density at radius 1 is 1.22 bits per heavy atom. The average Bonchev–Trinajstić information content (AvgIpc) is 2.86. The van der Waals surface area contributed by atoms with Crippen molar-refractivity contribution in [2.45, 2.75) is 19.8 Å². The van der Waals surface area contributed by atoms with E-state index in [2.05, 4.69) is 4.72 Å². The molecular formula is C12H18N2O3S. The number of ether oxygens (including phenoxy) is 1. The van der Waals surface area contributed by atoms with Gasteiger partial charge in [-0.15, -0.1) is 0 Å². The third-order valence-corrected chi connectivity index (χ3v) is 4.36. The topological polar surface area (TPSA) is 58.6 Å². The number of nitrogens with one attached hydrogen (secondary N) is 1. The van der Waals surface area contributed by atoms with E-state index in [9.17, 15) is 8.42 Å². The normalized spacial score (nSPS) is 16.7. The van der Waals surface area contributed by atoms with Crippen molar-refractivity contribution in [3.05, 3.63) is 24.3 Å². The summed E-state index contributed by atoms with van der Waals surface area (Å²) in [6, 6.07) is 6.92. The summed E-state index contributed by atoms with van der Waals surface area (Å²) in [5.41, 5.74) is 0.561. The third-order valence-electron chi connectivity index (χ3n) is 2.82. The average molecular weight is 270 g/mol. The van der Waals surface area contributed by atoms with Crippen LogP contribution in [0.2, 0.25) is 0 Å². The molecule has 1 aliphatic rings. The van der Waals surface area contributed by atoms with Crippen LogP contribution < -0.4 is 9.46 Å². The van der Waals surface area contributed by atoms with Crippen molar-refractivity contribution in [3.8, 4) is 5.75 Å². The van der Waals surface area contributed by atoms with Gasteiger partial charge in [0.25, 0.3) is 0 Å². The maximum absolute atomic E-state index is 12.0. The van der Waals surface area contributed by atoms with Gasteiger partial charge in [-0.1, -0.05) is 0 Å². The molecule has 1 aromatic carbocycles. The summed E-state index contributed by atoms with van der Waals surface area (Å²) in [5, 5.41) is 0. The molecular weight excluding hydrogens is 252 g/mol. The van der Waals surface area contributed by atoms with Crippen molar-refractivity contribution in [1.82, 2.24) is 4.31 Å². The lowest BCUT2D eigenvalue weighted by Gasteiger charge is -2.16. The van der Waals surface area contributed by atoms with Gasteiger partial charge in [-0.3, -0.25) is 4.72 Å². The zero-order valence-corrected chi connectivity index (χ0v) is 11.2. The molecule has 0 amide bonds. The van der Waals surface area contributed by atoms with Gasteiger partial charge >= 0.3 is 10.2 Å². The van der Waals surface area contributed by atoms with Gasteiger partial charge in [0, 0.05) is 13.1 Å². The Hall–Kier alpha value is -1.27. The lowest BCUT2D eigenvalue weighted by Crippen LogP contribution is -2.33. The number of benzene rings is 1. The Labute approximate surface area is 108 Å². The van der Waals surface area contributed by atoms with E-state index in [4.69, 9.17) is 4.74 Å². The second-order valence-corrected chi connectivity index (χ2v) is 5.84. The van der Waals surface area contributed by atoms with Gasteiger partial charge in [0.2, 0.25) is 0 Å². The molecule has 0 saturated carbocycles. The smallest absolute Gasteiger partial charge is 0.301 e. The van der Waals surface area contributed by atoms with Crippen LogP contribution in [-0.4, -0.2) is 32.4 Å². The Morgan fingerprint density at radius 2 is 1.83 bits per heavy atom. The van der Waals surface area contributed by atoms with Crippen LogP contribution in [0.1, 0.15) is 19.8 Å². The highest BCUT2D eigenvalue weighted by molar-refractivity contribution is 7.90. The maximum atomic E-state index is 12.0. The van der Waals surface area contributed by atoms with E-state index in [0.29, 0.717) is 25.4 Å². The molecule has 0 aliphatic carbocycles. The highest BCUT2D eigenvalue weighted by atomic mass is 32.2. The van der Waals surface area contributed by atoms with Crippen molar-refractivity contribution < 1.29 is 13.2 Å². The molecule has 5 nitrogen and oxygen atoms in total. The van der Waals surface area contributed by atoms with Gasteiger partial charge in [-0.2, -0.15) is 12.7 Å². The minimum Gasteiger partial charge on any atom is -0.494 e. The van der Waals surface area contributed by atoms with Gasteiger partial charge in [-0.05, 0) is 44.0 Å². The van der Waals surface area contributed by atoms with E-state index in [1.54, 1.807) is 24.3 Å². The molecule has 0 radical (unpaired) electrons. The predicted octanol–water partition coefficient (Wildman–Crippen LogP) is 1.84. The first-order chi connectivity index (χ1) is 8.62. The van der Waals surface area contributed by atoms with Crippen molar-refractivity contribution >= 4 is 15.9 Å². The minimum atomic E-state index is -3.40. The summed E-state index contributed by atoms with van der Waals surface area (Å²) in [4.78, 5) is 0. The van der Waals surface area contributed by atoms with Gasteiger partial charge in [0.05, 0.1) is 12.3 Å². The highest BCUT2D eigenvalue weighted by Crippen LogP contribution is 2.19. The van der Waals surface area contributed by atoms with Crippen LogP contribution >= 0.6 is 0 Å². The van der Waals surface area contributed by atoms with Crippen molar-refractivity contribution in [3.63, 3.8) is 0 Å². The summed E-state index contributed by atoms with van der Waals surface area (Å²) in [7, 11) is -3.40. The van der Waals surface area contributed by atoms with E-state index in [0.717, 1.165) is 18.6 Å². The van der Waals surface area contributed by atoms with Crippen LogP contribution in [-0.2, 0) is 10.2 Å². The molecule has 1 heterocycles. The fraction of sp³-hybridized carbons (Fsp3) is 0.500. The van der Waals surface area contributed by atoms with Gasteiger partial charge in [0.15, 0.2) is 0 Å².